The lowest BCUT2D eigenvalue weighted by Crippen LogP contribution is -2.13. The third-order valence-electron chi connectivity index (χ3n) is 2.37. The predicted octanol–water partition coefficient (Wildman–Crippen LogP) is 1.54. The van der Waals surface area contributed by atoms with Gasteiger partial charge in [-0.25, -0.2) is 0 Å². The average Bonchev–Trinajstić information content (AvgIpc) is 2.82. The molecule has 0 unspecified atom stereocenters. The van der Waals surface area contributed by atoms with E-state index in [-0.39, 0.29) is 17.4 Å². The molecular weight excluding hydrogens is 282 g/mol. The lowest BCUT2D eigenvalue weighted by Gasteiger charge is -2.09. The van der Waals surface area contributed by atoms with Gasteiger partial charge in [0, 0.05) is 6.54 Å². The lowest BCUT2D eigenvalue weighted by molar-refractivity contribution is 0.222. The van der Waals surface area contributed by atoms with Crippen LogP contribution >= 0.6 is 11.6 Å². The smallest absolute Gasteiger partial charge is 0.322 e. The molecule has 0 saturated carbocycles. The minimum absolute atomic E-state index is 0.0375. The van der Waals surface area contributed by atoms with Gasteiger partial charge < -0.3 is 14.6 Å². The highest BCUT2D eigenvalue weighted by molar-refractivity contribution is 6.28. The number of rotatable bonds is 6. The Hall–Kier alpha value is -1.96. The van der Waals surface area contributed by atoms with Gasteiger partial charge in [0.15, 0.2) is 5.82 Å². The van der Waals surface area contributed by atoms with E-state index in [1.165, 1.54) is 0 Å². The van der Waals surface area contributed by atoms with E-state index in [0.29, 0.717) is 12.5 Å². The summed E-state index contributed by atoms with van der Waals surface area (Å²) < 4.78 is 7.32. The van der Waals surface area contributed by atoms with Crippen LogP contribution in [-0.2, 0) is 13.1 Å². The van der Waals surface area contributed by atoms with E-state index in [1.807, 2.05) is 25.3 Å². The number of hydrogen-bond acceptors (Lipinski definition) is 7. The van der Waals surface area contributed by atoms with Crippen LogP contribution in [-0.4, -0.2) is 35.8 Å². The molecule has 1 N–H and O–H groups in total. The first-order chi connectivity index (χ1) is 9.58. The van der Waals surface area contributed by atoms with Crippen LogP contribution in [0.15, 0.2) is 6.33 Å². The first-order valence-corrected chi connectivity index (χ1v) is 6.65. The molecule has 108 valence electrons. The molecular formula is C11H16ClN7O. The zero-order chi connectivity index (χ0) is 14.5. The summed E-state index contributed by atoms with van der Waals surface area (Å²) in [4.78, 5) is 12.0. The number of aromatic nitrogens is 6. The van der Waals surface area contributed by atoms with Gasteiger partial charge in [-0.1, -0.05) is 0 Å². The predicted molar refractivity (Wildman–Crippen MR) is 73.6 cm³/mol. The molecule has 2 aromatic heterocycles. The van der Waals surface area contributed by atoms with Crippen LogP contribution in [0.1, 0.15) is 26.6 Å². The second kappa shape index (κ2) is 6.47. The van der Waals surface area contributed by atoms with Crippen LogP contribution in [0.3, 0.4) is 0 Å². The Kier molecular flexibility index (Phi) is 4.67. The first kappa shape index (κ1) is 14.4. The minimum atomic E-state index is -0.0375. The first-order valence-electron chi connectivity index (χ1n) is 6.27. The maximum absolute atomic E-state index is 5.84. The molecule has 0 aliphatic carbocycles. The average molecular weight is 298 g/mol. The van der Waals surface area contributed by atoms with Crippen molar-refractivity contribution in [1.82, 2.24) is 29.7 Å². The Morgan fingerprint density at radius 1 is 1.35 bits per heavy atom. The fourth-order valence-corrected chi connectivity index (χ4v) is 1.66. The van der Waals surface area contributed by atoms with Gasteiger partial charge in [0.2, 0.25) is 11.2 Å². The standard InChI is InChI=1S/C11H16ClN7O/c1-4-19-6-14-18-8(19)5-13-10-15-9(12)16-11(17-10)20-7(2)3/h6-7H,4-5H2,1-3H3,(H,13,15,16,17). The van der Waals surface area contributed by atoms with Gasteiger partial charge >= 0.3 is 6.01 Å². The SMILES string of the molecule is CCn1cnnc1CNc1nc(Cl)nc(OC(C)C)n1. The van der Waals surface area contributed by atoms with E-state index < -0.39 is 0 Å². The lowest BCUT2D eigenvalue weighted by atomic mass is 10.5. The molecule has 9 heteroatoms. The van der Waals surface area contributed by atoms with Crippen LogP contribution in [0.5, 0.6) is 6.01 Å². The molecule has 0 aromatic carbocycles. The molecule has 20 heavy (non-hydrogen) atoms. The van der Waals surface area contributed by atoms with Crippen LogP contribution in [0, 0.1) is 0 Å². The van der Waals surface area contributed by atoms with E-state index >= 15 is 0 Å². The highest BCUT2D eigenvalue weighted by Crippen LogP contribution is 2.13. The summed E-state index contributed by atoms with van der Waals surface area (Å²) in [6.45, 7) is 7.02. The van der Waals surface area contributed by atoms with E-state index in [2.05, 4.69) is 30.5 Å². The molecule has 0 atom stereocenters. The number of nitrogens with zero attached hydrogens (tertiary/aromatic N) is 6. The third-order valence-corrected chi connectivity index (χ3v) is 2.54. The van der Waals surface area contributed by atoms with Crippen molar-refractivity contribution >= 4 is 17.5 Å². The molecule has 0 saturated heterocycles. The quantitative estimate of drug-likeness (QED) is 0.864. The van der Waals surface area contributed by atoms with E-state index in [0.717, 1.165) is 12.4 Å². The van der Waals surface area contributed by atoms with Crippen molar-refractivity contribution < 1.29 is 4.74 Å². The molecule has 8 nitrogen and oxygen atoms in total. The van der Waals surface area contributed by atoms with Gasteiger partial charge in [-0.3, -0.25) is 0 Å². The van der Waals surface area contributed by atoms with Crippen molar-refractivity contribution in [2.75, 3.05) is 5.32 Å². The maximum atomic E-state index is 5.84. The van der Waals surface area contributed by atoms with E-state index in [4.69, 9.17) is 16.3 Å². The summed E-state index contributed by atoms with van der Waals surface area (Å²) in [5, 5.41) is 11.0. The summed E-state index contributed by atoms with van der Waals surface area (Å²) in [6, 6.07) is 0.194. The largest absolute Gasteiger partial charge is 0.461 e. The second-order valence-electron chi connectivity index (χ2n) is 4.26. The van der Waals surface area contributed by atoms with Crippen LogP contribution < -0.4 is 10.1 Å². The van der Waals surface area contributed by atoms with Gasteiger partial charge in [0.1, 0.15) is 6.33 Å². The van der Waals surface area contributed by atoms with E-state index in [9.17, 15) is 0 Å². The summed E-state index contributed by atoms with van der Waals surface area (Å²) in [5.41, 5.74) is 0. The summed E-state index contributed by atoms with van der Waals surface area (Å²) in [6.07, 6.45) is 1.63. The van der Waals surface area contributed by atoms with Gasteiger partial charge in [-0.05, 0) is 32.4 Å². The Bertz CT molecular complexity index is 572. The molecule has 0 aliphatic rings. The van der Waals surface area contributed by atoms with Crippen molar-refractivity contribution in [1.29, 1.82) is 0 Å². The van der Waals surface area contributed by atoms with Gasteiger partial charge in [-0.15, -0.1) is 10.2 Å². The maximum Gasteiger partial charge on any atom is 0.322 e. The number of ether oxygens (including phenoxy) is 1. The zero-order valence-corrected chi connectivity index (χ0v) is 12.3. The minimum Gasteiger partial charge on any atom is -0.461 e. The Labute approximate surface area is 121 Å². The molecule has 2 heterocycles. The van der Waals surface area contributed by atoms with Crippen molar-refractivity contribution in [2.24, 2.45) is 0 Å². The number of anilines is 1. The Morgan fingerprint density at radius 2 is 2.15 bits per heavy atom. The topological polar surface area (TPSA) is 90.6 Å². The summed E-state index contributed by atoms with van der Waals surface area (Å²) >= 11 is 5.84. The number of aryl methyl sites for hydroxylation is 1. The molecule has 0 fully saturated rings. The highest BCUT2D eigenvalue weighted by atomic mass is 35.5. The Balaban J connectivity index is 2.07. The number of hydrogen-bond donors (Lipinski definition) is 1. The molecule has 0 spiro atoms. The number of halogens is 1. The van der Waals surface area contributed by atoms with Crippen LogP contribution in [0.25, 0.3) is 0 Å². The molecule has 0 amide bonds. The summed E-state index contributed by atoms with van der Waals surface area (Å²) in [5.74, 6) is 1.13. The van der Waals surface area contributed by atoms with Crippen molar-refractivity contribution in [3.05, 3.63) is 17.4 Å². The number of nitrogens with one attached hydrogen (secondary N) is 1. The zero-order valence-electron chi connectivity index (χ0n) is 11.5. The van der Waals surface area contributed by atoms with Crippen molar-refractivity contribution in [2.45, 2.75) is 40.0 Å². The fourth-order valence-electron chi connectivity index (χ4n) is 1.51. The summed E-state index contributed by atoms with van der Waals surface area (Å²) in [7, 11) is 0. The van der Waals surface area contributed by atoms with Gasteiger partial charge in [0.25, 0.3) is 0 Å². The molecule has 0 bridgehead atoms. The molecule has 0 aliphatic heterocycles. The monoisotopic (exact) mass is 297 g/mol. The van der Waals surface area contributed by atoms with Gasteiger partial charge in [-0.2, -0.15) is 15.0 Å². The Morgan fingerprint density at radius 3 is 2.85 bits per heavy atom. The van der Waals surface area contributed by atoms with Crippen LogP contribution in [0.2, 0.25) is 5.28 Å². The van der Waals surface area contributed by atoms with Crippen LogP contribution in [0.4, 0.5) is 5.95 Å². The fraction of sp³-hybridized carbons (Fsp3) is 0.545. The van der Waals surface area contributed by atoms with E-state index in [1.54, 1.807) is 6.33 Å². The molecule has 2 aromatic rings. The highest BCUT2D eigenvalue weighted by Gasteiger charge is 2.09. The second-order valence-corrected chi connectivity index (χ2v) is 4.60. The molecule has 0 radical (unpaired) electrons. The van der Waals surface area contributed by atoms with Crippen molar-refractivity contribution in [3.63, 3.8) is 0 Å². The normalized spacial score (nSPS) is 10.8. The molecule has 2 rings (SSSR count). The van der Waals surface area contributed by atoms with Crippen molar-refractivity contribution in [3.8, 4) is 6.01 Å². The third kappa shape index (κ3) is 3.77. The van der Waals surface area contributed by atoms with Gasteiger partial charge in [0.05, 0.1) is 12.6 Å².